The standard InChI is InChI=1S/C8H23ClO4Si4.C8H23ClO2Si3/c1-14(2)10-15(3,4)12-17(7,8-9)13-16(5,6)11-14;1-12(2,3)10-14(7,8-9)11-13(4,5)6/h8H2,1-7H3;8H2,1-7H3. The molecule has 0 spiro atoms. The molecule has 0 aromatic heterocycles. The fourth-order valence-electron chi connectivity index (χ4n) is 3.73. The van der Waals surface area contributed by atoms with Gasteiger partial charge in [-0.1, -0.05) is 0 Å². The van der Waals surface area contributed by atoms with Crippen LogP contribution in [0, 0.1) is 0 Å². The van der Waals surface area contributed by atoms with E-state index in [1.165, 1.54) is 0 Å². The molecule has 0 saturated carbocycles. The van der Waals surface area contributed by atoms with E-state index < -0.39 is 59.4 Å². The van der Waals surface area contributed by atoms with Gasteiger partial charge in [0.05, 0.1) is 11.0 Å². The lowest BCUT2D eigenvalue weighted by Gasteiger charge is -2.46. The summed E-state index contributed by atoms with van der Waals surface area (Å²) in [7, 11) is -14.1. The largest absolute Gasteiger partial charge is 0.436 e. The van der Waals surface area contributed by atoms with Crippen molar-refractivity contribution in [2.75, 3.05) is 11.0 Å². The average molecular weight is 602 g/mol. The van der Waals surface area contributed by atoms with Crippen LogP contribution < -0.4 is 0 Å². The molecule has 188 valence electrons. The highest BCUT2D eigenvalue weighted by Crippen LogP contribution is 2.31. The van der Waals surface area contributed by atoms with Gasteiger partial charge in [0.2, 0.25) is 0 Å². The number of hydrogen-bond donors (Lipinski definition) is 0. The van der Waals surface area contributed by atoms with E-state index in [4.69, 9.17) is 47.9 Å². The quantitative estimate of drug-likeness (QED) is 0.254. The molecule has 1 aliphatic heterocycles. The van der Waals surface area contributed by atoms with Crippen molar-refractivity contribution in [3.05, 3.63) is 0 Å². The molecule has 31 heavy (non-hydrogen) atoms. The van der Waals surface area contributed by atoms with Crippen LogP contribution in [-0.2, 0) is 24.7 Å². The molecule has 1 saturated heterocycles. The molecule has 1 heterocycles. The van der Waals surface area contributed by atoms with Gasteiger partial charge in [-0.25, -0.2) is 0 Å². The van der Waals surface area contributed by atoms with Crippen LogP contribution in [0.25, 0.3) is 0 Å². The second-order valence-corrected chi connectivity index (χ2v) is 40.0. The Morgan fingerprint density at radius 3 is 1.10 bits per heavy atom. The fraction of sp³-hybridized carbons (Fsp3) is 1.00. The minimum absolute atomic E-state index is 0.411. The zero-order valence-electron chi connectivity index (χ0n) is 22.1. The monoisotopic (exact) mass is 600 g/mol. The molecule has 0 N–H and O–H groups in total. The van der Waals surface area contributed by atoms with E-state index in [0.29, 0.717) is 11.0 Å². The van der Waals surface area contributed by atoms with E-state index in [2.05, 4.69) is 45.8 Å². The van der Waals surface area contributed by atoms with Gasteiger partial charge in [-0.15, -0.1) is 23.2 Å². The van der Waals surface area contributed by atoms with Gasteiger partial charge in [0, 0.05) is 0 Å². The maximum Gasteiger partial charge on any atom is 0.332 e. The predicted molar refractivity (Wildman–Crippen MR) is 150 cm³/mol. The molecule has 0 aliphatic carbocycles. The lowest BCUT2D eigenvalue weighted by molar-refractivity contribution is 0.237. The van der Waals surface area contributed by atoms with Crippen LogP contribution in [0.4, 0.5) is 0 Å². The number of rotatable bonds is 6. The summed E-state index contributed by atoms with van der Waals surface area (Å²) in [5.74, 6) is 0. The van der Waals surface area contributed by atoms with Crippen molar-refractivity contribution in [3.63, 3.8) is 0 Å². The molecular weight excluding hydrogens is 556 g/mol. The fourth-order valence-corrected chi connectivity index (χ4v) is 37.4. The van der Waals surface area contributed by atoms with Crippen LogP contribution in [0.3, 0.4) is 0 Å². The molecule has 1 fully saturated rings. The topological polar surface area (TPSA) is 55.4 Å². The SMILES string of the molecule is C[Si](C)(C)O[Si](C)(CCl)O[Si](C)(C)C.C[Si]1(C)O[Si](C)(C)O[Si](C)(CCl)O[Si](C)(C)O1. The molecule has 0 unspecified atom stereocenters. The molecule has 6 nitrogen and oxygen atoms in total. The van der Waals surface area contributed by atoms with Crippen molar-refractivity contribution >= 4 is 82.6 Å². The van der Waals surface area contributed by atoms with Crippen molar-refractivity contribution in [1.82, 2.24) is 0 Å². The number of alkyl halides is 2. The van der Waals surface area contributed by atoms with E-state index in [1.807, 2.05) is 45.8 Å². The highest BCUT2D eigenvalue weighted by molar-refractivity contribution is 6.94. The van der Waals surface area contributed by atoms with E-state index in [-0.39, 0.29) is 0 Å². The Morgan fingerprint density at radius 2 is 0.871 bits per heavy atom. The second kappa shape index (κ2) is 11.3. The van der Waals surface area contributed by atoms with Crippen molar-refractivity contribution in [3.8, 4) is 0 Å². The van der Waals surface area contributed by atoms with Crippen molar-refractivity contribution < 1.29 is 24.7 Å². The smallest absolute Gasteiger partial charge is 0.332 e. The number of halogens is 2. The van der Waals surface area contributed by atoms with E-state index in [0.717, 1.165) is 0 Å². The van der Waals surface area contributed by atoms with Crippen molar-refractivity contribution in [1.29, 1.82) is 0 Å². The molecule has 0 aromatic carbocycles. The van der Waals surface area contributed by atoms with Crippen LogP contribution in [-0.4, -0.2) is 70.4 Å². The molecule has 0 radical (unpaired) electrons. The molecule has 15 heteroatoms. The Balaban J connectivity index is 0.000000594. The maximum atomic E-state index is 6.18. The van der Waals surface area contributed by atoms with Gasteiger partial charge < -0.3 is 24.7 Å². The third-order valence-corrected chi connectivity index (χ3v) is 30.9. The van der Waals surface area contributed by atoms with Gasteiger partial charge in [0.1, 0.15) is 0 Å². The highest BCUT2D eigenvalue weighted by Gasteiger charge is 2.52. The van der Waals surface area contributed by atoms with Crippen LogP contribution >= 0.6 is 23.2 Å². The Bertz CT molecular complexity index is 544. The maximum absolute atomic E-state index is 6.18. The summed E-state index contributed by atoms with van der Waals surface area (Å²) in [6.45, 7) is 29.4. The third kappa shape index (κ3) is 14.8. The lowest BCUT2D eigenvalue weighted by Crippen LogP contribution is -2.65. The highest BCUT2D eigenvalue weighted by atomic mass is 35.5. The first kappa shape index (κ1) is 32.9. The van der Waals surface area contributed by atoms with Gasteiger partial charge in [-0.3, -0.25) is 0 Å². The molecule has 1 rings (SSSR count). The van der Waals surface area contributed by atoms with Gasteiger partial charge in [-0.2, -0.15) is 0 Å². The van der Waals surface area contributed by atoms with Crippen molar-refractivity contribution in [2.24, 2.45) is 0 Å². The summed E-state index contributed by atoms with van der Waals surface area (Å²) >= 11 is 12.0. The first-order valence-corrected chi connectivity index (χ1v) is 32.1. The van der Waals surface area contributed by atoms with E-state index in [9.17, 15) is 0 Å². The van der Waals surface area contributed by atoms with Gasteiger partial charge >= 0.3 is 42.8 Å². The Hall–Kier alpha value is 1.86. The van der Waals surface area contributed by atoms with Crippen LogP contribution in [0.2, 0.25) is 91.7 Å². The van der Waals surface area contributed by atoms with E-state index in [1.54, 1.807) is 0 Å². The summed E-state index contributed by atoms with van der Waals surface area (Å²) in [5.41, 5.74) is 0.941. The van der Waals surface area contributed by atoms with Gasteiger partial charge in [0.25, 0.3) is 0 Å². The first-order chi connectivity index (χ1) is 13.4. The second-order valence-electron chi connectivity index (χ2n) is 11.6. The van der Waals surface area contributed by atoms with Gasteiger partial charge in [-0.05, 0) is 91.7 Å². The Morgan fingerprint density at radius 1 is 0.581 bits per heavy atom. The Kier molecular flexibility index (Phi) is 12.0. The third-order valence-electron chi connectivity index (χ3n) is 3.44. The minimum atomic E-state index is -2.37. The Labute approximate surface area is 209 Å². The molecular formula is C16H46Cl2O6Si7. The van der Waals surface area contributed by atoms with Crippen LogP contribution in [0.1, 0.15) is 0 Å². The molecule has 1 aliphatic rings. The summed E-state index contributed by atoms with van der Waals surface area (Å²) in [4.78, 5) is 0. The van der Waals surface area contributed by atoms with E-state index >= 15 is 0 Å². The van der Waals surface area contributed by atoms with Gasteiger partial charge in [0.15, 0.2) is 16.6 Å². The first-order valence-electron chi connectivity index (χ1n) is 10.7. The summed E-state index contributed by atoms with van der Waals surface area (Å²) < 4.78 is 36.9. The van der Waals surface area contributed by atoms with Crippen LogP contribution in [0.5, 0.6) is 0 Å². The molecule has 0 aromatic rings. The average Bonchev–Trinajstić information content (AvgIpc) is 2.38. The molecule has 0 bridgehead atoms. The molecule has 0 amide bonds. The molecule has 0 atom stereocenters. The predicted octanol–water partition coefficient (Wildman–Crippen LogP) is 6.56. The number of hydrogen-bond acceptors (Lipinski definition) is 6. The lowest BCUT2D eigenvalue weighted by atomic mass is 11.8. The zero-order chi connectivity index (χ0) is 25.2. The van der Waals surface area contributed by atoms with Crippen molar-refractivity contribution in [2.45, 2.75) is 91.7 Å². The summed E-state index contributed by atoms with van der Waals surface area (Å²) in [6, 6.07) is 0. The minimum Gasteiger partial charge on any atom is -0.436 e. The summed E-state index contributed by atoms with van der Waals surface area (Å²) in [5, 5.41) is 0. The van der Waals surface area contributed by atoms with Crippen LogP contribution in [0.15, 0.2) is 0 Å². The zero-order valence-corrected chi connectivity index (χ0v) is 30.6. The normalized spacial score (nSPS) is 23.2. The summed E-state index contributed by atoms with van der Waals surface area (Å²) in [6.07, 6.45) is 0.